The molecule has 2 aromatic rings. The maximum Gasteiger partial charge on any atom is 0.272 e. The highest BCUT2D eigenvalue weighted by Gasteiger charge is 2.26. The van der Waals surface area contributed by atoms with Crippen LogP contribution in [0.3, 0.4) is 0 Å². The van der Waals surface area contributed by atoms with Crippen LogP contribution in [-0.4, -0.2) is 33.3 Å². The summed E-state index contributed by atoms with van der Waals surface area (Å²) in [6.07, 6.45) is 6.13. The minimum absolute atomic E-state index is 0.142. The summed E-state index contributed by atoms with van der Waals surface area (Å²) in [6, 6.07) is 5.89. The molecule has 1 amide bonds. The lowest BCUT2D eigenvalue weighted by Crippen LogP contribution is -2.40. The summed E-state index contributed by atoms with van der Waals surface area (Å²) < 4.78 is 1.95. The van der Waals surface area contributed by atoms with Crippen LogP contribution < -0.4 is 0 Å². The largest absolute Gasteiger partial charge is 0.337 e. The molecule has 1 unspecified atom stereocenters. The number of rotatable bonds is 3. The van der Waals surface area contributed by atoms with Crippen LogP contribution in [0.15, 0.2) is 24.4 Å². The number of carbonyl (C=O) groups is 1. The summed E-state index contributed by atoms with van der Waals surface area (Å²) in [5, 5.41) is 0. The molecule has 1 aliphatic rings. The average molecular weight is 285 g/mol. The van der Waals surface area contributed by atoms with Gasteiger partial charge in [0.05, 0.1) is 5.69 Å². The fourth-order valence-electron chi connectivity index (χ4n) is 3.21. The fraction of sp³-hybridized carbons (Fsp3) is 0.529. The number of aryl methyl sites for hydroxylation is 1. The maximum absolute atomic E-state index is 13.0. The van der Waals surface area contributed by atoms with Gasteiger partial charge in [-0.15, -0.1) is 0 Å². The normalized spacial score (nSPS) is 19.1. The second kappa shape index (κ2) is 5.88. The number of piperidine rings is 1. The lowest BCUT2D eigenvalue weighted by Gasteiger charge is -2.31. The Morgan fingerprint density at radius 1 is 1.43 bits per heavy atom. The number of hydrogen-bond donors (Lipinski definition) is 0. The molecule has 0 bridgehead atoms. The molecule has 0 N–H and O–H groups in total. The molecule has 0 aliphatic carbocycles. The predicted octanol–water partition coefficient (Wildman–Crippen LogP) is 3.16. The number of aromatic nitrogens is 2. The van der Waals surface area contributed by atoms with E-state index >= 15 is 0 Å². The molecule has 4 heteroatoms. The van der Waals surface area contributed by atoms with Gasteiger partial charge in [-0.2, -0.15) is 0 Å². The Kier molecular flexibility index (Phi) is 3.95. The maximum atomic E-state index is 13.0. The summed E-state index contributed by atoms with van der Waals surface area (Å²) in [5.41, 5.74) is 2.57. The van der Waals surface area contributed by atoms with Crippen molar-refractivity contribution in [3.63, 3.8) is 0 Å². The predicted molar refractivity (Wildman–Crippen MR) is 83.5 cm³/mol. The van der Waals surface area contributed by atoms with Gasteiger partial charge in [-0.25, -0.2) is 4.98 Å². The third kappa shape index (κ3) is 2.67. The second-order valence-corrected chi connectivity index (χ2v) is 6.08. The molecule has 1 fully saturated rings. The third-order valence-corrected chi connectivity index (χ3v) is 4.24. The van der Waals surface area contributed by atoms with E-state index in [0.717, 1.165) is 49.4 Å². The highest BCUT2D eigenvalue weighted by atomic mass is 16.2. The summed E-state index contributed by atoms with van der Waals surface area (Å²) in [7, 11) is 0. The Balaban J connectivity index is 2.01. The molecule has 0 saturated carbocycles. The molecule has 4 nitrogen and oxygen atoms in total. The van der Waals surface area contributed by atoms with Crippen LogP contribution in [0, 0.1) is 5.92 Å². The number of imidazole rings is 1. The van der Waals surface area contributed by atoms with Crippen LogP contribution in [-0.2, 0) is 6.42 Å². The van der Waals surface area contributed by atoms with Gasteiger partial charge in [0.15, 0.2) is 0 Å². The van der Waals surface area contributed by atoms with Crippen LogP contribution in [0.2, 0.25) is 0 Å². The Bertz CT molecular complexity index is 647. The summed E-state index contributed by atoms with van der Waals surface area (Å²) in [4.78, 5) is 19.6. The molecule has 3 heterocycles. The van der Waals surface area contributed by atoms with Gasteiger partial charge in [-0.1, -0.05) is 26.3 Å². The van der Waals surface area contributed by atoms with E-state index in [9.17, 15) is 4.79 Å². The number of amides is 1. The lowest BCUT2D eigenvalue weighted by atomic mass is 10.00. The van der Waals surface area contributed by atoms with Crippen LogP contribution in [0.25, 0.3) is 5.65 Å². The molecule has 1 saturated heterocycles. The van der Waals surface area contributed by atoms with Crippen molar-refractivity contribution in [1.29, 1.82) is 0 Å². The molecule has 1 aliphatic heterocycles. The number of hydrogen-bond acceptors (Lipinski definition) is 2. The summed E-state index contributed by atoms with van der Waals surface area (Å²) in [6.45, 7) is 6.08. The van der Waals surface area contributed by atoms with E-state index in [1.54, 1.807) is 0 Å². The van der Waals surface area contributed by atoms with Gasteiger partial charge in [0, 0.05) is 19.3 Å². The molecule has 1 atom stereocenters. The SMILES string of the molecule is CCCc1nc2ccccn2c1C(=O)N1CCCC(C)C1. The number of pyridine rings is 1. The van der Waals surface area contributed by atoms with Gasteiger partial charge in [0.2, 0.25) is 0 Å². The first-order valence-electron chi connectivity index (χ1n) is 7.96. The van der Waals surface area contributed by atoms with Gasteiger partial charge in [-0.05, 0) is 37.3 Å². The Hall–Kier alpha value is -1.84. The van der Waals surface area contributed by atoms with Gasteiger partial charge in [0.25, 0.3) is 5.91 Å². The minimum atomic E-state index is 0.142. The van der Waals surface area contributed by atoms with E-state index in [4.69, 9.17) is 0 Å². The second-order valence-electron chi connectivity index (χ2n) is 6.08. The van der Waals surface area contributed by atoms with Crippen molar-refractivity contribution in [3.05, 3.63) is 35.8 Å². The van der Waals surface area contributed by atoms with Gasteiger partial charge >= 0.3 is 0 Å². The van der Waals surface area contributed by atoms with E-state index in [2.05, 4.69) is 18.8 Å². The van der Waals surface area contributed by atoms with E-state index in [1.807, 2.05) is 33.7 Å². The molecule has 0 aromatic carbocycles. The number of carbonyl (C=O) groups excluding carboxylic acids is 1. The zero-order chi connectivity index (χ0) is 14.8. The van der Waals surface area contributed by atoms with Crippen molar-refractivity contribution in [2.45, 2.75) is 39.5 Å². The topological polar surface area (TPSA) is 37.6 Å². The summed E-state index contributed by atoms with van der Waals surface area (Å²) in [5.74, 6) is 0.736. The highest BCUT2D eigenvalue weighted by molar-refractivity contribution is 5.94. The van der Waals surface area contributed by atoms with Gasteiger partial charge in [-0.3, -0.25) is 9.20 Å². The summed E-state index contributed by atoms with van der Waals surface area (Å²) >= 11 is 0. The van der Waals surface area contributed by atoms with E-state index in [1.165, 1.54) is 6.42 Å². The molecule has 0 radical (unpaired) electrons. The van der Waals surface area contributed by atoms with Crippen molar-refractivity contribution in [2.75, 3.05) is 13.1 Å². The highest BCUT2D eigenvalue weighted by Crippen LogP contribution is 2.21. The van der Waals surface area contributed by atoms with Crippen LogP contribution in [0.4, 0.5) is 0 Å². The lowest BCUT2D eigenvalue weighted by molar-refractivity contribution is 0.0674. The first-order chi connectivity index (χ1) is 10.2. The smallest absolute Gasteiger partial charge is 0.272 e. The Morgan fingerprint density at radius 2 is 2.29 bits per heavy atom. The van der Waals surface area contributed by atoms with Crippen LogP contribution in [0.1, 0.15) is 49.3 Å². The Labute approximate surface area is 125 Å². The zero-order valence-corrected chi connectivity index (χ0v) is 12.9. The molecule has 0 spiro atoms. The zero-order valence-electron chi connectivity index (χ0n) is 12.9. The van der Waals surface area contributed by atoms with Crippen molar-refractivity contribution >= 4 is 11.6 Å². The van der Waals surface area contributed by atoms with E-state index in [0.29, 0.717) is 5.92 Å². The van der Waals surface area contributed by atoms with E-state index in [-0.39, 0.29) is 5.91 Å². The number of nitrogens with zero attached hydrogens (tertiary/aromatic N) is 3. The molecular weight excluding hydrogens is 262 g/mol. The van der Waals surface area contributed by atoms with Crippen molar-refractivity contribution in [2.24, 2.45) is 5.92 Å². The molecule has 3 rings (SSSR count). The first-order valence-corrected chi connectivity index (χ1v) is 7.96. The first kappa shape index (κ1) is 14.1. The standard InChI is InChI=1S/C17H23N3O/c1-3-7-14-16(20-11-5-4-9-15(20)18-14)17(21)19-10-6-8-13(2)12-19/h4-5,9,11,13H,3,6-8,10,12H2,1-2H3. The Morgan fingerprint density at radius 3 is 3.05 bits per heavy atom. The van der Waals surface area contributed by atoms with Crippen molar-refractivity contribution in [1.82, 2.24) is 14.3 Å². The van der Waals surface area contributed by atoms with E-state index < -0.39 is 0 Å². The van der Waals surface area contributed by atoms with Crippen LogP contribution >= 0.6 is 0 Å². The van der Waals surface area contributed by atoms with Crippen molar-refractivity contribution < 1.29 is 4.79 Å². The average Bonchev–Trinajstić information content (AvgIpc) is 2.85. The fourth-order valence-corrected chi connectivity index (χ4v) is 3.21. The quantitative estimate of drug-likeness (QED) is 0.868. The third-order valence-electron chi connectivity index (χ3n) is 4.24. The molecule has 21 heavy (non-hydrogen) atoms. The van der Waals surface area contributed by atoms with Gasteiger partial charge < -0.3 is 4.90 Å². The van der Waals surface area contributed by atoms with Crippen LogP contribution in [0.5, 0.6) is 0 Å². The minimum Gasteiger partial charge on any atom is -0.337 e. The van der Waals surface area contributed by atoms with Gasteiger partial charge in [0.1, 0.15) is 11.3 Å². The molecule has 112 valence electrons. The molecular formula is C17H23N3O. The monoisotopic (exact) mass is 285 g/mol. The number of likely N-dealkylation sites (tertiary alicyclic amines) is 1. The number of fused-ring (bicyclic) bond motifs is 1. The van der Waals surface area contributed by atoms with Crippen molar-refractivity contribution in [3.8, 4) is 0 Å². The molecule has 2 aromatic heterocycles.